The summed E-state index contributed by atoms with van der Waals surface area (Å²) < 4.78 is 13.3. The normalized spacial score (nSPS) is 15.0. The number of halogens is 1. The summed E-state index contributed by atoms with van der Waals surface area (Å²) in [5, 5.41) is 27.3. The molecule has 0 aliphatic heterocycles. The van der Waals surface area contributed by atoms with E-state index in [2.05, 4.69) is 0 Å². The molecule has 0 aromatic heterocycles. The summed E-state index contributed by atoms with van der Waals surface area (Å²) in [6, 6.07) is 4.04. The summed E-state index contributed by atoms with van der Waals surface area (Å²) in [4.78, 5) is 0. The molecule has 1 rings (SSSR count). The molecule has 0 saturated carbocycles. The number of hydrogen-bond acceptors (Lipinski definition) is 4. The zero-order valence-corrected chi connectivity index (χ0v) is 8.10. The molecule has 5 N–H and O–H groups in total. The molecule has 0 radical (unpaired) electrons. The summed E-state index contributed by atoms with van der Waals surface area (Å²) in [6.07, 6.45) is -2.84. The van der Waals surface area contributed by atoms with Gasteiger partial charge in [-0.25, -0.2) is 4.39 Å². The lowest BCUT2D eigenvalue weighted by molar-refractivity contribution is -0.0168. The van der Waals surface area contributed by atoms with Gasteiger partial charge < -0.3 is 21.1 Å². The molecule has 0 saturated heterocycles. The van der Waals surface area contributed by atoms with Gasteiger partial charge in [0, 0.05) is 12.1 Å². The minimum absolute atomic E-state index is 0.0560. The van der Waals surface area contributed by atoms with Crippen molar-refractivity contribution in [1.29, 1.82) is 0 Å². The Morgan fingerprint density at radius 2 is 2.00 bits per heavy atom. The van der Waals surface area contributed by atoms with Gasteiger partial charge in [-0.1, -0.05) is 6.07 Å². The average molecular weight is 215 g/mol. The van der Waals surface area contributed by atoms with Crippen molar-refractivity contribution in [2.24, 2.45) is 5.73 Å². The van der Waals surface area contributed by atoms with Crippen molar-refractivity contribution in [3.05, 3.63) is 35.1 Å². The summed E-state index contributed by atoms with van der Waals surface area (Å²) in [5.74, 6) is -0.632. The van der Waals surface area contributed by atoms with Crippen LogP contribution in [0.15, 0.2) is 18.2 Å². The monoisotopic (exact) mass is 215 g/mol. The van der Waals surface area contributed by atoms with Gasteiger partial charge in [-0.15, -0.1) is 0 Å². The van der Waals surface area contributed by atoms with Gasteiger partial charge in [0.1, 0.15) is 18.0 Å². The Balaban J connectivity index is 3.01. The summed E-state index contributed by atoms with van der Waals surface area (Å²) in [6.45, 7) is -0.414. The fraction of sp³-hybridized carbons (Fsp3) is 0.400. The number of benzene rings is 1. The highest BCUT2D eigenvalue weighted by atomic mass is 19.1. The van der Waals surface area contributed by atoms with E-state index in [-0.39, 0.29) is 12.1 Å². The summed E-state index contributed by atoms with van der Waals surface area (Å²) >= 11 is 0. The molecule has 4 nitrogen and oxygen atoms in total. The lowest BCUT2D eigenvalue weighted by Gasteiger charge is -2.17. The molecule has 1 aromatic rings. The van der Waals surface area contributed by atoms with Crippen LogP contribution in [0, 0.1) is 5.82 Å². The lowest BCUT2D eigenvalue weighted by Crippen LogP contribution is -2.23. The van der Waals surface area contributed by atoms with E-state index < -0.39 is 24.6 Å². The fourth-order valence-corrected chi connectivity index (χ4v) is 1.25. The van der Waals surface area contributed by atoms with Crippen molar-refractivity contribution in [2.45, 2.75) is 18.8 Å². The minimum Gasteiger partial charge on any atom is -0.394 e. The standard InChI is InChI=1S/C10H14FNO3/c11-8-2-1-6(4-12)3-7(8)10(15)9(14)5-13/h1-3,9-10,13-15H,4-5,12H2. The van der Waals surface area contributed by atoms with Crippen LogP contribution in [0.2, 0.25) is 0 Å². The number of rotatable bonds is 4. The third kappa shape index (κ3) is 2.73. The van der Waals surface area contributed by atoms with Crippen molar-refractivity contribution in [2.75, 3.05) is 6.61 Å². The largest absolute Gasteiger partial charge is 0.394 e. The molecule has 84 valence electrons. The minimum atomic E-state index is -1.44. The van der Waals surface area contributed by atoms with Crippen molar-refractivity contribution >= 4 is 0 Å². The number of hydrogen-bond donors (Lipinski definition) is 4. The summed E-state index contributed by atoms with van der Waals surface area (Å²) in [7, 11) is 0. The van der Waals surface area contributed by atoms with E-state index in [1.807, 2.05) is 0 Å². The van der Waals surface area contributed by atoms with Crippen LogP contribution in [0.4, 0.5) is 4.39 Å². The predicted octanol–water partition coefficient (Wildman–Crippen LogP) is -0.329. The second-order valence-corrected chi connectivity index (χ2v) is 3.25. The SMILES string of the molecule is NCc1ccc(F)c(C(O)C(O)CO)c1. The van der Waals surface area contributed by atoms with Crippen LogP contribution in [0.3, 0.4) is 0 Å². The fourth-order valence-electron chi connectivity index (χ4n) is 1.25. The zero-order chi connectivity index (χ0) is 11.4. The van der Waals surface area contributed by atoms with Crippen molar-refractivity contribution in [3.63, 3.8) is 0 Å². The average Bonchev–Trinajstić information content (AvgIpc) is 2.27. The highest BCUT2D eigenvalue weighted by Crippen LogP contribution is 2.21. The zero-order valence-electron chi connectivity index (χ0n) is 8.10. The summed E-state index contributed by atoms with van der Waals surface area (Å²) in [5.41, 5.74) is 5.95. The smallest absolute Gasteiger partial charge is 0.129 e. The second-order valence-electron chi connectivity index (χ2n) is 3.25. The first-order chi connectivity index (χ1) is 7.10. The Kier molecular flexibility index (Phi) is 4.16. The van der Waals surface area contributed by atoms with Crippen LogP contribution in [0.25, 0.3) is 0 Å². The van der Waals surface area contributed by atoms with Gasteiger partial charge >= 0.3 is 0 Å². The first-order valence-corrected chi connectivity index (χ1v) is 4.55. The topological polar surface area (TPSA) is 86.7 Å². The van der Waals surface area contributed by atoms with Crippen molar-refractivity contribution in [3.8, 4) is 0 Å². The van der Waals surface area contributed by atoms with Crippen LogP contribution in [-0.4, -0.2) is 28.0 Å². The second kappa shape index (κ2) is 5.18. The number of aliphatic hydroxyl groups excluding tert-OH is 3. The first kappa shape index (κ1) is 12.1. The molecular weight excluding hydrogens is 201 g/mol. The molecule has 2 atom stereocenters. The van der Waals surface area contributed by atoms with E-state index in [1.54, 1.807) is 0 Å². The van der Waals surface area contributed by atoms with Crippen LogP contribution < -0.4 is 5.73 Å². The van der Waals surface area contributed by atoms with Gasteiger partial charge in [-0.05, 0) is 17.7 Å². The van der Waals surface area contributed by atoms with Crippen LogP contribution in [0.1, 0.15) is 17.2 Å². The van der Waals surface area contributed by atoms with Crippen LogP contribution in [-0.2, 0) is 6.54 Å². The molecular formula is C10H14FNO3. The van der Waals surface area contributed by atoms with E-state index in [1.165, 1.54) is 18.2 Å². The molecule has 0 aliphatic rings. The molecule has 0 heterocycles. The van der Waals surface area contributed by atoms with Crippen LogP contribution in [0.5, 0.6) is 0 Å². The Hall–Kier alpha value is -1.01. The van der Waals surface area contributed by atoms with Gasteiger partial charge in [0.05, 0.1) is 6.61 Å². The molecule has 0 fully saturated rings. The molecule has 2 unspecified atom stereocenters. The van der Waals surface area contributed by atoms with E-state index in [4.69, 9.17) is 15.9 Å². The molecule has 0 spiro atoms. The highest BCUT2D eigenvalue weighted by Gasteiger charge is 2.20. The van der Waals surface area contributed by atoms with Gasteiger partial charge in [-0.3, -0.25) is 0 Å². The van der Waals surface area contributed by atoms with E-state index >= 15 is 0 Å². The lowest BCUT2D eigenvalue weighted by atomic mass is 10.0. The Morgan fingerprint density at radius 1 is 1.33 bits per heavy atom. The molecule has 0 aliphatic carbocycles. The third-order valence-electron chi connectivity index (χ3n) is 2.17. The molecule has 1 aromatic carbocycles. The van der Waals surface area contributed by atoms with Gasteiger partial charge in [-0.2, -0.15) is 0 Å². The first-order valence-electron chi connectivity index (χ1n) is 4.55. The van der Waals surface area contributed by atoms with Crippen LogP contribution >= 0.6 is 0 Å². The number of aliphatic hydroxyl groups is 3. The Morgan fingerprint density at radius 3 is 2.53 bits per heavy atom. The Bertz CT molecular complexity index is 332. The van der Waals surface area contributed by atoms with E-state index in [0.29, 0.717) is 5.56 Å². The van der Waals surface area contributed by atoms with Gasteiger partial charge in [0.2, 0.25) is 0 Å². The quantitative estimate of drug-likeness (QED) is 0.554. The maximum absolute atomic E-state index is 13.3. The molecule has 0 bridgehead atoms. The van der Waals surface area contributed by atoms with E-state index in [0.717, 1.165) is 0 Å². The third-order valence-corrected chi connectivity index (χ3v) is 2.17. The highest BCUT2D eigenvalue weighted by molar-refractivity contribution is 5.27. The predicted molar refractivity (Wildman–Crippen MR) is 52.3 cm³/mol. The molecule has 5 heteroatoms. The number of nitrogens with two attached hydrogens (primary N) is 1. The Labute approximate surface area is 86.8 Å². The molecule has 0 amide bonds. The van der Waals surface area contributed by atoms with Gasteiger partial charge in [0.15, 0.2) is 0 Å². The van der Waals surface area contributed by atoms with Gasteiger partial charge in [0.25, 0.3) is 0 Å². The maximum Gasteiger partial charge on any atom is 0.129 e. The van der Waals surface area contributed by atoms with Crippen molar-refractivity contribution < 1.29 is 19.7 Å². The van der Waals surface area contributed by atoms with E-state index in [9.17, 15) is 9.50 Å². The molecule has 15 heavy (non-hydrogen) atoms. The maximum atomic E-state index is 13.3. The van der Waals surface area contributed by atoms with Crippen molar-refractivity contribution in [1.82, 2.24) is 0 Å².